The zero-order valence-electron chi connectivity index (χ0n) is 11.5. The summed E-state index contributed by atoms with van der Waals surface area (Å²) < 4.78 is 0. The summed E-state index contributed by atoms with van der Waals surface area (Å²) in [7, 11) is 0. The molecule has 2 saturated heterocycles. The Bertz CT molecular complexity index is 399. The fraction of sp³-hybridized carbons (Fsp3) is 0.769. The van der Waals surface area contributed by atoms with Gasteiger partial charge in [-0.15, -0.1) is 0 Å². The van der Waals surface area contributed by atoms with Crippen molar-refractivity contribution in [2.75, 3.05) is 32.7 Å². The summed E-state index contributed by atoms with van der Waals surface area (Å²) in [4.78, 5) is 37.9. The molecule has 2 fully saturated rings. The summed E-state index contributed by atoms with van der Waals surface area (Å²) in [5.41, 5.74) is 0. The number of piperidine rings is 1. The van der Waals surface area contributed by atoms with Crippen LogP contribution in [-0.4, -0.2) is 65.5 Å². The van der Waals surface area contributed by atoms with Gasteiger partial charge >= 0.3 is 12.0 Å². The van der Waals surface area contributed by atoms with Crippen LogP contribution in [-0.2, 0) is 9.59 Å². The fourth-order valence-corrected chi connectivity index (χ4v) is 2.81. The predicted octanol–water partition coefficient (Wildman–Crippen LogP) is 0.115. The van der Waals surface area contributed by atoms with Gasteiger partial charge in [-0.25, -0.2) is 4.79 Å². The molecular formula is C13H21N3O4. The number of urea groups is 1. The van der Waals surface area contributed by atoms with E-state index in [0.29, 0.717) is 39.1 Å². The lowest BCUT2D eigenvalue weighted by Crippen LogP contribution is -2.48. The second-order valence-corrected chi connectivity index (χ2v) is 5.42. The quantitative estimate of drug-likeness (QED) is 0.753. The summed E-state index contributed by atoms with van der Waals surface area (Å²) in [6.45, 7) is 2.61. The maximum Gasteiger partial charge on any atom is 0.320 e. The van der Waals surface area contributed by atoms with Gasteiger partial charge in [-0.2, -0.15) is 0 Å². The number of nitrogens with one attached hydrogen (secondary N) is 1. The van der Waals surface area contributed by atoms with E-state index >= 15 is 0 Å². The molecule has 7 heteroatoms. The van der Waals surface area contributed by atoms with Crippen LogP contribution < -0.4 is 5.32 Å². The molecule has 0 aliphatic carbocycles. The molecule has 3 amide bonds. The van der Waals surface area contributed by atoms with Crippen LogP contribution >= 0.6 is 0 Å². The smallest absolute Gasteiger partial charge is 0.320 e. The topological polar surface area (TPSA) is 89.9 Å². The minimum Gasteiger partial charge on any atom is -0.481 e. The largest absolute Gasteiger partial charge is 0.481 e. The number of carbonyl (C=O) groups excluding carboxylic acids is 2. The van der Waals surface area contributed by atoms with E-state index in [1.54, 1.807) is 9.80 Å². The molecule has 2 rings (SSSR count). The first kappa shape index (κ1) is 14.6. The molecule has 0 bridgehead atoms. The third-order valence-electron chi connectivity index (χ3n) is 3.84. The van der Waals surface area contributed by atoms with Crippen molar-refractivity contribution in [3.05, 3.63) is 0 Å². The highest BCUT2D eigenvalue weighted by atomic mass is 16.4. The maximum absolute atomic E-state index is 12.4. The van der Waals surface area contributed by atoms with Crippen LogP contribution in [0.2, 0.25) is 0 Å². The average molecular weight is 283 g/mol. The Morgan fingerprint density at radius 1 is 1.25 bits per heavy atom. The number of nitrogens with zero attached hydrogens (tertiary/aromatic N) is 2. The van der Waals surface area contributed by atoms with Gasteiger partial charge in [0.2, 0.25) is 5.91 Å². The number of amides is 3. The van der Waals surface area contributed by atoms with Gasteiger partial charge in [0, 0.05) is 45.6 Å². The van der Waals surface area contributed by atoms with Gasteiger partial charge in [0.1, 0.15) is 0 Å². The number of aliphatic carboxylic acids is 1. The molecule has 0 saturated carbocycles. The minimum atomic E-state index is -0.811. The molecule has 2 aliphatic heterocycles. The highest BCUT2D eigenvalue weighted by Gasteiger charge is 2.29. The Balaban J connectivity index is 1.90. The zero-order valence-corrected chi connectivity index (χ0v) is 11.5. The van der Waals surface area contributed by atoms with Crippen LogP contribution in [0, 0.1) is 5.92 Å². The van der Waals surface area contributed by atoms with Crippen LogP contribution in [0.15, 0.2) is 0 Å². The van der Waals surface area contributed by atoms with E-state index in [9.17, 15) is 14.4 Å². The highest BCUT2D eigenvalue weighted by molar-refractivity contribution is 5.79. The Hall–Kier alpha value is -1.79. The third kappa shape index (κ3) is 3.85. The Morgan fingerprint density at radius 2 is 2.05 bits per heavy atom. The lowest BCUT2D eigenvalue weighted by Gasteiger charge is -2.35. The maximum atomic E-state index is 12.4. The molecule has 0 aromatic heterocycles. The van der Waals surface area contributed by atoms with E-state index in [-0.39, 0.29) is 24.3 Å². The van der Waals surface area contributed by atoms with Crippen LogP contribution in [0.25, 0.3) is 0 Å². The first-order chi connectivity index (χ1) is 9.56. The van der Waals surface area contributed by atoms with Crippen LogP contribution in [0.3, 0.4) is 0 Å². The van der Waals surface area contributed by atoms with Crippen molar-refractivity contribution in [1.82, 2.24) is 15.1 Å². The minimum absolute atomic E-state index is 0.0253. The third-order valence-corrected chi connectivity index (χ3v) is 3.84. The second kappa shape index (κ2) is 6.58. The molecule has 0 aromatic rings. The monoisotopic (exact) mass is 283 g/mol. The molecule has 1 unspecified atom stereocenters. The van der Waals surface area contributed by atoms with E-state index < -0.39 is 5.97 Å². The molecular weight excluding hydrogens is 262 g/mol. The van der Waals surface area contributed by atoms with Crippen molar-refractivity contribution in [2.45, 2.75) is 25.7 Å². The molecule has 2 aliphatic rings. The van der Waals surface area contributed by atoms with Crippen molar-refractivity contribution < 1.29 is 19.5 Å². The van der Waals surface area contributed by atoms with E-state index in [2.05, 4.69) is 5.32 Å². The molecule has 0 aromatic carbocycles. The number of hydrogen-bond acceptors (Lipinski definition) is 3. The number of hydrogen-bond donors (Lipinski definition) is 2. The number of carboxylic acids is 1. The van der Waals surface area contributed by atoms with Gasteiger partial charge in [0.15, 0.2) is 0 Å². The van der Waals surface area contributed by atoms with Crippen LogP contribution in [0.5, 0.6) is 0 Å². The first-order valence-electron chi connectivity index (χ1n) is 7.08. The van der Waals surface area contributed by atoms with E-state index in [4.69, 9.17) is 5.11 Å². The molecule has 112 valence electrons. The summed E-state index contributed by atoms with van der Waals surface area (Å²) in [6, 6.07) is -0.0726. The van der Waals surface area contributed by atoms with Crippen molar-refractivity contribution in [2.24, 2.45) is 5.92 Å². The van der Waals surface area contributed by atoms with Gasteiger partial charge in [0.25, 0.3) is 0 Å². The molecule has 2 N–H and O–H groups in total. The van der Waals surface area contributed by atoms with E-state index in [0.717, 1.165) is 12.8 Å². The first-order valence-corrected chi connectivity index (χ1v) is 7.08. The molecule has 0 radical (unpaired) electrons. The van der Waals surface area contributed by atoms with Crippen molar-refractivity contribution in [1.29, 1.82) is 0 Å². The zero-order chi connectivity index (χ0) is 14.5. The fourth-order valence-electron chi connectivity index (χ4n) is 2.81. The lowest BCUT2D eigenvalue weighted by atomic mass is 9.95. The summed E-state index contributed by atoms with van der Waals surface area (Å²) in [6.07, 6.45) is 2.15. The number of carbonyl (C=O) groups is 3. The van der Waals surface area contributed by atoms with Gasteiger partial charge in [0.05, 0.1) is 0 Å². The summed E-state index contributed by atoms with van der Waals surface area (Å²) >= 11 is 0. The van der Waals surface area contributed by atoms with Crippen molar-refractivity contribution in [3.8, 4) is 0 Å². The predicted molar refractivity (Wildman–Crippen MR) is 71.1 cm³/mol. The average Bonchev–Trinajstić information content (AvgIpc) is 2.62. The Kier molecular flexibility index (Phi) is 4.81. The number of carboxylic acid groups (broad SMARTS) is 1. The van der Waals surface area contributed by atoms with Gasteiger partial charge < -0.3 is 20.2 Å². The lowest BCUT2D eigenvalue weighted by molar-refractivity contribution is -0.138. The highest BCUT2D eigenvalue weighted by Crippen LogP contribution is 2.20. The van der Waals surface area contributed by atoms with E-state index in [1.807, 2.05) is 0 Å². The van der Waals surface area contributed by atoms with Gasteiger partial charge in [-0.05, 0) is 18.8 Å². The van der Waals surface area contributed by atoms with Crippen LogP contribution in [0.1, 0.15) is 25.7 Å². The van der Waals surface area contributed by atoms with Crippen molar-refractivity contribution in [3.63, 3.8) is 0 Å². The van der Waals surface area contributed by atoms with Gasteiger partial charge in [-0.3, -0.25) is 9.59 Å². The molecule has 2 heterocycles. The normalized spacial score (nSPS) is 24.0. The Labute approximate surface area is 117 Å². The molecule has 20 heavy (non-hydrogen) atoms. The Morgan fingerprint density at radius 3 is 2.80 bits per heavy atom. The molecule has 7 nitrogen and oxygen atoms in total. The standard InChI is InChI=1S/C13H21N3O4/c17-11-3-6-15(7-4-14-11)13(20)16-5-1-2-10(9-16)8-12(18)19/h10H,1-9H2,(H,14,17)(H,18,19). The number of likely N-dealkylation sites (tertiary alicyclic amines) is 1. The molecule has 1 atom stereocenters. The summed E-state index contributed by atoms with van der Waals surface area (Å²) in [5, 5.41) is 11.6. The van der Waals surface area contributed by atoms with Crippen LogP contribution in [0.4, 0.5) is 4.79 Å². The summed E-state index contributed by atoms with van der Waals surface area (Å²) in [5.74, 6) is -0.798. The molecule has 0 spiro atoms. The second-order valence-electron chi connectivity index (χ2n) is 5.42. The number of rotatable bonds is 2. The van der Waals surface area contributed by atoms with Gasteiger partial charge in [-0.1, -0.05) is 0 Å². The van der Waals surface area contributed by atoms with E-state index in [1.165, 1.54) is 0 Å². The van der Waals surface area contributed by atoms with Crippen molar-refractivity contribution >= 4 is 17.9 Å². The SMILES string of the molecule is O=C(O)CC1CCCN(C(=O)N2CCNC(=O)CC2)C1.